The van der Waals surface area contributed by atoms with Crippen LogP contribution in [0.5, 0.6) is 5.75 Å². The molecule has 2 saturated heterocycles. The lowest BCUT2D eigenvalue weighted by molar-refractivity contribution is 0.144. The zero-order chi connectivity index (χ0) is 22.3. The number of hydrogen-bond acceptors (Lipinski definition) is 4. The molecule has 4 rings (SSSR count). The van der Waals surface area contributed by atoms with Crippen molar-refractivity contribution >= 4 is 33.3 Å². The van der Waals surface area contributed by atoms with Gasteiger partial charge in [-0.25, -0.2) is 4.99 Å². The number of nitriles is 1. The number of benzene rings is 2. The number of piperidine rings is 2. The van der Waals surface area contributed by atoms with E-state index in [1.54, 1.807) is 12.1 Å². The Bertz CT molecular complexity index is 996. The number of halogens is 1. The number of hydrogen-bond donors (Lipinski definition) is 2. The van der Waals surface area contributed by atoms with Gasteiger partial charge in [0.15, 0.2) is 0 Å². The summed E-state index contributed by atoms with van der Waals surface area (Å²) in [5.74, 6) is 0.784. The summed E-state index contributed by atoms with van der Waals surface area (Å²) in [6, 6.07) is 15.3. The summed E-state index contributed by atoms with van der Waals surface area (Å²) >= 11 is 3.62. The predicted molar refractivity (Wildman–Crippen MR) is 132 cm³/mol. The summed E-state index contributed by atoms with van der Waals surface area (Å²) in [6.45, 7) is 4.30. The third kappa shape index (κ3) is 5.62. The first-order chi connectivity index (χ1) is 15.6. The fourth-order valence-electron chi connectivity index (χ4n) is 4.56. The summed E-state index contributed by atoms with van der Waals surface area (Å²) in [5, 5.41) is 23.0. The minimum absolute atomic E-state index is 0.0495. The highest BCUT2D eigenvalue weighted by molar-refractivity contribution is 9.10. The number of phenolic OH excluding ortho intramolecular Hbond substituents is 1. The van der Waals surface area contributed by atoms with Gasteiger partial charge in [0, 0.05) is 23.6 Å². The standard InChI is InChI=1S/C25H30BrN5O/c26-21-9-2-3-10-22(21)28-25(29-23-12-11-19(17-27)16-24(23)32)31-15-7-4-8-20(31)18-30-13-5-1-6-14-30/h2-3,9-12,16,20,32H,1,4-8,13-15,18H2,(H,28,29). The maximum absolute atomic E-state index is 10.5. The molecule has 0 aromatic heterocycles. The number of para-hydroxylation sites is 1. The molecule has 2 fully saturated rings. The molecule has 0 bridgehead atoms. The van der Waals surface area contributed by atoms with Crippen LogP contribution in [0.15, 0.2) is 51.9 Å². The number of nitrogens with one attached hydrogen (secondary N) is 1. The highest BCUT2D eigenvalue weighted by Gasteiger charge is 2.28. The van der Waals surface area contributed by atoms with Gasteiger partial charge in [-0.3, -0.25) is 0 Å². The zero-order valence-corrected chi connectivity index (χ0v) is 19.9. The highest BCUT2D eigenvalue weighted by Crippen LogP contribution is 2.30. The molecule has 0 radical (unpaired) electrons. The van der Waals surface area contributed by atoms with Crippen molar-refractivity contribution in [1.29, 1.82) is 5.26 Å². The van der Waals surface area contributed by atoms with Crippen LogP contribution in [0.2, 0.25) is 0 Å². The first kappa shape index (κ1) is 22.6. The predicted octanol–water partition coefficient (Wildman–Crippen LogP) is 5.47. The summed E-state index contributed by atoms with van der Waals surface area (Å²) in [6.07, 6.45) is 7.36. The van der Waals surface area contributed by atoms with Gasteiger partial charge in [-0.05, 0) is 91.5 Å². The number of aromatic hydroxyl groups is 1. The quantitative estimate of drug-likeness (QED) is 0.334. The lowest BCUT2D eigenvalue weighted by atomic mass is 10.0. The summed E-state index contributed by atoms with van der Waals surface area (Å²) < 4.78 is 0.924. The molecule has 2 heterocycles. The lowest BCUT2D eigenvalue weighted by Gasteiger charge is -2.41. The Morgan fingerprint density at radius 3 is 2.62 bits per heavy atom. The second kappa shape index (κ2) is 10.8. The average molecular weight is 496 g/mol. The molecule has 2 aliphatic rings. The first-order valence-electron chi connectivity index (χ1n) is 11.5. The van der Waals surface area contributed by atoms with Crippen molar-refractivity contribution in [3.8, 4) is 11.8 Å². The van der Waals surface area contributed by atoms with Crippen molar-refractivity contribution in [2.45, 2.75) is 44.6 Å². The number of guanidine groups is 1. The van der Waals surface area contributed by atoms with Crippen LogP contribution in [0, 0.1) is 11.3 Å². The molecule has 1 atom stereocenters. The van der Waals surface area contributed by atoms with Gasteiger partial charge in [0.05, 0.1) is 23.0 Å². The molecule has 0 saturated carbocycles. The molecule has 1 unspecified atom stereocenters. The van der Waals surface area contributed by atoms with Gasteiger partial charge in [0.1, 0.15) is 5.75 Å². The molecule has 2 aromatic rings. The van der Waals surface area contributed by atoms with Gasteiger partial charge < -0.3 is 20.2 Å². The fraction of sp³-hybridized carbons (Fsp3) is 0.440. The molecular formula is C25H30BrN5O. The topological polar surface area (TPSA) is 74.9 Å². The summed E-state index contributed by atoms with van der Waals surface area (Å²) in [4.78, 5) is 9.95. The molecule has 2 N–H and O–H groups in total. The Morgan fingerprint density at radius 1 is 1.09 bits per heavy atom. The minimum Gasteiger partial charge on any atom is -0.506 e. The van der Waals surface area contributed by atoms with E-state index < -0.39 is 0 Å². The second-order valence-electron chi connectivity index (χ2n) is 8.56. The van der Waals surface area contributed by atoms with Crippen LogP contribution in [0.1, 0.15) is 44.1 Å². The number of likely N-dealkylation sites (tertiary alicyclic amines) is 2. The van der Waals surface area contributed by atoms with Crippen molar-refractivity contribution in [2.24, 2.45) is 4.99 Å². The Hall–Kier alpha value is -2.56. The van der Waals surface area contributed by atoms with Gasteiger partial charge in [0.25, 0.3) is 0 Å². The van der Waals surface area contributed by atoms with Gasteiger partial charge >= 0.3 is 0 Å². The van der Waals surface area contributed by atoms with E-state index in [-0.39, 0.29) is 5.75 Å². The van der Waals surface area contributed by atoms with Crippen molar-refractivity contribution in [1.82, 2.24) is 9.80 Å². The Balaban J connectivity index is 1.65. The fourth-order valence-corrected chi connectivity index (χ4v) is 4.93. The van der Waals surface area contributed by atoms with Crippen LogP contribution in [0.25, 0.3) is 0 Å². The Kier molecular flexibility index (Phi) is 7.67. The zero-order valence-electron chi connectivity index (χ0n) is 18.3. The third-order valence-corrected chi connectivity index (χ3v) is 6.94. The molecular weight excluding hydrogens is 466 g/mol. The molecule has 7 heteroatoms. The van der Waals surface area contributed by atoms with E-state index in [2.05, 4.69) is 37.1 Å². The molecule has 6 nitrogen and oxygen atoms in total. The maximum atomic E-state index is 10.5. The van der Waals surface area contributed by atoms with Crippen molar-refractivity contribution in [3.05, 3.63) is 52.5 Å². The van der Waals surface area contributed by atoms with Crippen molar-refractivity contribution in [3.63, 3.8) is 0 Å². The molecule has 0 aliphatic carbocycles. The first-order valence-corrected chi connectivity index (χ1v) is 12.3. The van der Waals surface area contributed by atoms with Gasteiger partial charge in [-0.2, -0.15) is 5.26 Å². The largest absolute Gasteiger partial charge is 0.506 e. The molecule has 168 valence electrons. The molecule has 2 aromatic carbocycles. The number of anilines is 1. The SMILES string of the molecule is N#Cc1ccc(NC(=Nc2ccccc2Br)N2CCCCC2CN2CCCCC2)c(O)c1. The van der Waals surface area contributed by atoms with E-state index in [1.165, 1.54) is 44.8 Å². The lowest BCUT2D eigenvalue weighted by Crippen LogP contribution is -2.52. The Morgan fingerprint density at radius 2 is 1.88 bits per heavy atom. The van der Waals surface area contributed by atoms with Crippen molar-refractivity contribution < 1.29 is 5.11 Å². The van der Waals surface area contributed by atoms with Crippen LogP contribution < -0.4 is 5.32 Å². The number of rotatable bonds is 4. The van der Waals surface area contributed by atoms with Gasteiger partial charge in [0.2, 0.25) is 5.96 Å². The number of nitrogens with zero attached hydrogens (tertiary/aromatic N) is 4. The normalized spacial score (nSPS) is 20.1. The van der Waals surface area contributed by atoms with Crippen molar-refractivity contribution in [2.75, 3.05) is 31.5 Å². The van der Waals surface area contributed by atoms with Gasteiger partial charge in [-0.15, -0.1) is 0 Å². The summed E-state index contributed by atoms with van der Waals surface area (Å²) in [7, 11) is 0. The molecule has 32 heavy (non-hydrogen) atoms. The number of phenols is 1. The van der Waals surface area contributed by atoms with Crippen LogP contribution in [0.4, 0.5) is 11.4 Å². The van der Waals surface area contributed by atoms with Crippen LogP contribution in [0.3, 0.4) is 0 Å². The average Bonchev–Trinajstić information content (AvgIpc) is 2.82. The summed E-state index contributed by atoms with van der Waals surface area (Å²) in [5.41, 5.74) is 1.82. The van der Waals surface area contributed by atoms with E-state index in [4.69, 9.17) is 10.3 Å². The van der Waals surface area contributed by atoms with E-state index in [0.29, 0.717) is 17.3 Å². The maximum Gasteiger partial charge on any atom is 0.204 e. The highest BCUT2D eigenvalue weighted by atomic mass is 79.9. The van der Waals surface area contributed by atoms with Crippen LogP contribution in [-0.2, 0) is 0 Å². The van der Waals surface area contributed by atoms with Crippen LogP contribution in [-0.4, -0.2) is 53.1 Å². The van der Waals surface area contributed by atoms with E-state index in [1.807, 2.05) is 24.3 Å². The molecule has 0 amide bonds. The number of aliphatic imine (C=N–C) groups is 1. The third-order valence-electron chi connectivity index (χ3n) is 6.27. The molecule has 2 aliphatic heterocycles. The monoisotopic (exact) mass is 495 g/mol. The smallest absolute Gasteiger partial charge is 0.204 e. The minimum atomic E-state index is 0.0495. The van der Waals surface area contributed by atoms with E-state index in [0.717, 1.165) is 42.1 Å². The van der Waals surface area contributed by atoms with E-state index in [9.17, 15) is 5.11 Å². The van der Waals surface area contributed by atoms with E-state index >= 15 is 0 Å². The van der Waals surface area contributed by atoms with Crippen LogP contribution >= 0.6 is 15.9 Å². The van der Waals surface area contributed by atoms with Gasteiger partial charge in [-0.1, -0.05) is 18.6 Å². The Labute approximate surface area is 198 Å². The second-order valence-corrected chi connectivity index (χ2v) is 9.41. The molecule has 0 spiro atoms.